The van der Waals surface area contributed by atoms with Gasteiger partial charge in [-0.05, 0) is 48.5 Å². The molecule has 120 valence electrons. The zero-order valence-electron chi connectivity index (χ0n) is 13.1. The molecule has 0 saturated carbocycles. The van der Waals surface area contributed by atoms with Gasteiger partial charge in [-0.25, -0.2) is 0 Å². The maximum atomic E-state index is 8.86. The molecule has 2 aromatic heterocycles. The Morgan fingerprint density at radius 1 is 0.800 bits per heavy atom. The molecular weight excluding hydrogens is 314 g/mol. The van der Waals surface area contributed by atoms with E-state index in [1.165, 1.54) is 0 Å². The Morgan fingerprint density at radius 3 is 2.32 bits per heavy atom. The summed E-state index contributed by atoms with van der Waals surface area (Å²) >= 11 is 0. The van der Waals surface area contributed by atoms with E-state index in [9.17, 15) is 0 Å². The van der Waals surface area contributed by atoms with Crippen LogP contribution in [0.2, 0.25) is 0 Å². The summed E-state index contributed by atoms with van der Waals surface area (Å²) in [5.41, 5.74) is 2.99. The largest absolute Gasteiger partial charge is 0.339 e. The van der Waals surface area contributed by atoms with Crippen molar-refractivity contribution in [2.24, 2.45) is 0 Å². The van der Waals surface area contributed by atoms with Gasteiger partial charge >= 0.3 is 0 Å². The summed E-state index contributed by atoms with van der Waals surface area (Å²) in [6.07, 6.45) is 0. The number of fused-ring (bicyclic) bond motifs is 1. The molecule has 0 amide bonds. The van der Waals surface area contributed by atoms with Crippen LogP contribution in [0.15, 0.2) is 66.7 Å². The normalized spacial score (nSPS) is 10.4. The second-order valence-electron chi connectivity index (χ2n) is 5.32. The van der Waals surface area contributed by atoms with Crippen molar-refractivity contribution in [2.45, 2.75) is 0 Å². The summed E-state index contributed by atoms with van der Waals surface area (Å²) in [5, 5.41) is 28.0. The first kappa shape index (κ1) is 14.7. The van der Waals surface area contributed by atoms with Gasteiger partial charge in [0, 0.05) is 11.4 Å². The van der Waals surface area contributed by atoms with Crippen LogP contribution in [0.5, 0.6) is 0 Å². The summed E-state index contributed by atoms with van der Waals surface area (Å²) in [4.78, 5) is 0. The van der Waals surface area contributed by atoms with Crippen molar-refractivity contribution in [3.63, 3.8) is 0 Å². The van der Waals surface area contributed by atoms with Crippen LogP contribution >= 0.6 is 0 Å². The van der Waals surface area contributed by atoms with Crippen molar-refractivity contribution in [2.75, 3.05) is 10.6 Å². The molecule has 0 bridgehead atoms. The average Bonchev–Trinajstić information content (AvgIpc) is 3.05. The number of hydrogen-bond donors (Lipinski definition) is 2. The highest BCUT2D eigenvalue weighted by Gasteiger charge is 2.08. The number of nitrogens with one attached hydrogen (secondary N) is 2. The smallest absolute Gasteiger partial charge is 0.250 e. The van der Waals surface area contributed by atoms with E-state index in [2.05, 4.69) is 32.0 Å². The minimum absolute atomic E-state index is 0.497. The molecule has 2 heterocycles. The first-order chi connectivity index (χ1) is 12.3. The molecule has 0 aliphatic carbocycles. The van der Waals surface area contributed by atoms with Gasteiger partial charge in [0.15, 0.2) is 11.5 Å². The highest BCUT2D eigenvalue weighted by Crippen LogP contribution is 2.18. The van der Waals surface area contributed by atoms with Crippen molar-refractivity contribution in [3.05, 3.63) is 72.3 Å². The fraction of sp³-hybridized carbons (Fsp3) is 0. The first-order valence-corrected chi connectivity index (χ1v) is 7.63. The topological polar surface area (TPSA) is 90.9 Å². The summed E-state index contributed by atoms with van der Waals surface area (Å²) in [6, 6.07) is 22.7. The third kappa shape index (κ3) is 3.09. The fourth-order valence-corrected chi connectivity index (χ4v) is 2.36. The quantitative estimate of drug-likeness (QED) is 0.596. The number of para-hydroxylation sites is 1. The minimum atomic E-state index is 0.497. The van der Waals surface area contributed by atoms with E-state index in [4.69, 9.17) is 5.26 Å². The van der Waals surface area contributed by atoms with Crippen LogP contribution in [-0.2, 0) is 0 Å². The Balaban J connectivity index is 1.63. The Labute approximate surface area is 143 Å². The minimum Gasteiger partial charge on any atom is -0.339 e. The molecule has 0 aliphatic heterocycles. The van der Waals surface area contributed by atoms with Crippen LogP contribution in [0.3, 0.4) is 0 Å². The summed E-state index contributed by atoms with van der Waals surface area (Å²) in [6.45, 7) is 0. The van der Waals surface area contributed by atoms with Gasteiger partial charge in [-0.15, -0.1) is 15.3 Å². The van der Waals surface area contributed by atoms with E-state index >= 15 is 0 Å². The van der Waals surface area contributed by atoms with Crippen molar-refractivity contribution < 1.29 is 0 Å². The Bertz CT molecular complexity index is 1050. The van der Waals surface area contributed by atoms with Crippen molar-refractivity contribution >= 4 is 28.8 Å². The lowest BCUT2D eigenvalue weighted by Gasteiger charge is -2.07. The molecule has 4 aromatic rings. The second kappa shape index (κ2) is 6.29. The van der Waals surface area contributed by atoms with Gasteiger partial charge in [0.2, 0.25) is 0 Å². The third-order valence-corrected chi connectivity index (χ3v) is 3.58. The van der Waals surface area contributed by atoms with E-state index in [-0.39, 0.29) is 0 Å². The summed E-state index contributed by atoms with van der Waals surface area (Å²) in [7, 11) is 0. The molecule has 2 aromatic carbocycles. The van der Waals surface area contributed by atoms with Crippen molar-refractivity contribution in [1.29, 1.82) is 5.26 Å². The van der Waals surface area contributed by atoms with E-state index in [0.29, 0.717) is 23.0 Å². The lowest BCUT2D eigenvalue weighted by molar-refractivity contribution is 0.941. The van der Waals surface area contributed by atoms with Crippen molar-refractivity contribution in [1.82, 2.24) is 19.8 Å². The molecule has 0 unspecified atom stereocenters. The number of rotatable bonds is 4. The Morgan fingerprint density at radius 2 is 1.56 bits per heavy atom. The average molecular weight is 327 g/mol. The molecule has 0 aliphatic rings. The molecule has 0 radical (unpaired) electrons. The molecule has 7 nitrogen and oxygen atoms in total. The maximum Gasteiger partial charge on any atom is 0.250 e. The van der Waals surface area contributed by atoms with E-state index in [1.807, 2.05) is 54.6 Å². The van der Waals surface area contributed by atoms with Gasteiger partial charge in [0.05, 0.1) is 11.6 Å². The van der Waals surface area contributed by atoms with Crippen molar-refractivity contribution in [3.8, 4) is 6.07 Å². The van der Waals surface area contributed by atoms with Crippen LogP contribution in [0, 0.1) is 11.3 Å². The number of benzene rings is 2. The fourth-order valence-electron chi connectivity index (χ4n) is 2.36. The zero-order valence-corrected chi connectivity index (χ0v) is 13.1. The van der Waals surface area contributed by atoms with Crippen LogP contribution in [0.25, 0.3) is 5.65 Å². The SMILES string of the molecule is N#Cc1ccc(Nc2nnc3ccc(Nc4ccccc4)nn23)cc1. The van der Waals surface area contributed by atoms with E-state index < -0.39 is 0 Å². The summed E-state index contributed by atoms with van der Waals surface area (Å²) < 4.78 is 1.63. The third-order valence-electron chi connectivity index (χ3n) is 3.58. The Hall–Kier alpha value is -3.92. The molecule has 4 rings (SSSR count). The van der Waals surface area contributed by atoms with Gasteiger partial charge in [0.25, 0.3) is 5.95 Å². The predicted octanol–water partition coefficient (Wildman–Crippen LogP) is 3.48. The molecule has 0 atom stereocenters. The Kier molecular flexibility index (Phi) is 3.69. The number of aromatic nitrogens is 4. The predicted molar refractivity (Wildman–Crippen MR) is 94.9 cm³/mol. The monoisotopic (exact) mass is 327 g/mol. The highest BCUT2D eigenvalue weighted by atomic mass is 15.4. The van der Waals surface area contributed by atoms with Gasteiger partial charge in [-0.1, -0.05) is 18.2 Å². The first-order valence-electron chi connectivity index (χ1n) is 7.63. The van der Waals surface area contributed by atoms with Crippen LogP contribution in [-0.4, -0.2) is 19.8 Å². The lowest BCUT2D eigenvalue weighted by Crippen LogP contribution is -2.02. The highest BCUT2D eigenvalue weighted by molar-refractivity contribution is 5.60. The molecule has 25 heavy (non-hydrogen) atoms. The maximum absolute atomic E-state index is 8.86. The van der Waals surface area contributed by atoms with Crippen LogP contribution in [0.4, 0.5) is 23.1 Å². The standard InChI is InChI=1S/C18H13N7/c19-12-13-6-8-15(9-7-13)21-18-23-22-17-11-10-16(24-25(17)18)20-14-4-2-1-3-5-14/h1-11H,(H,20,24)(H,21,23). The van der Waals surface area contributed by atoms with E-state index in [0.717, 1.165) is 11.4 Å². The number of anilines is 4. The number of hydrogen-bond acceptors (Lipinski definition) is 6. The van der Waals surface area contributed by atoms with E-state index in [1.54, 1.807) is 16.6 Å². The van der Waals surface area contributed by atoms with Gasteiger partial charge in [-0.3, -0.25) is 0 Å². The molecule has 7 heteroatoms. The number of nitrogens with zero attached hydrogens (tertiary/aromatic N) is 5. The molecule has 0 fully saturated rings. The molecule has 0 saturated heterocycles. The molecule has 0 spiro atoms. The van der Waals surface area contributed by atoms with Gasteiger partial charge in [0.1, 0.15) is 0 Å². The van der Waals surface area contributed by atoms with Crippen LogP contribution in [0.1, 0.15) is 5.56 Å². The van der Waals surface area contributed by atoms with Gasteiger partial charge < -0.3 is 10.6 Å². The second-order valence-corrected chi connectivity index (χ2v) is 5.32. The molecular formula is C18H13N7. The zero-order chi connectivity index (χ0) is 17.1. The van der Waals surface area contributed by atoms with Crippen LogP contribution < -0.4 is 10.6 Å². The summed E-state index contributed by atoms with van der Waals surface area (Å²) in [5.74, 6) is 1.18. The van der Waals surface area contributed by atoms with Gasteiger partial charge in [-0.2, -0.15) is 9.78 Å². The number of nitriles is 1. The molecule has 2 N–H and O–H groups in total. The lowest BCUT2D eigenvalue weighted by atomic mass is 10.2.